The number of para-hydroxylation sites is 1. The first-order valence-corrected chi connectivity index (χ1v) is 8.47. The first-order valence-electron chi connectivity index (χ1n) is 7.66. The molecule has 0 bridgehead atoms. The molecule has 122 valence electrons. The Hall–Kier alpha value is -2.53. The van der Waals surface area contributed by atoms with Gasteiger partial charge in [-0.25, -0.2) is 9.37 Å². The second-order valence-corrected chi connectivity index (χ2v) is 6.49. The second-order valence-electron chi connectivity index (χ2n) is 5.46. The number of thiazole rings is 1. The molecule has 0 aliphatic carbocycles. The van der Waals surface area contributed by atoms with Gasteiger partial charge in [0, 0.05) is 6.42 Å². The summed E-state index contributed by atoms with van der Waals surface area (Å²) in [6.45, 7) is 0. The predicted octanol–water partition coefficient (Wildman–Crippen LogP) is 5.23. The van der Waals surface area contributed by atoms with Crippen molar-refractivity contribution in [3.63, 3.8) is 0 Å². The highest BCUT2D eigenvalue weighted by Gasteiger charge is 2.10. The molecule has 3 rings (SSSR count). The van der Waals surface area contributed by atoms with Crippen LogP contribution in [0.25, 0.3) is 21.9 Å². The molecule has 0 fully saturated rings. The smallest absolute Gasteiger partial charge is 0.303 e. The monoisotopic (exact) mass is 341 g/mol. The van der Waals surface area contributed by atoms with Gasteiger partial charge in [-0.2, -0.15) is 0 Å². The number of carboxylic acid groups (broad SMARTS) is 1. The summed E-state index contributed by atoms with van der Waals surface area (Å²) >= 11 is 1.57. The first-order chi connectivity index (χ1) is 11.6. The summed E-state index contributed by atoms with van der Waals surface area (Å²) in [4.78, 5) is 15.4. The van der Waals surface area contributed by atoms with Gasteiger partial charge in [0.2, 0.25) is 0 Å². The Kier molecular flexibility index (Phi) is 5.01. The Labute approximate surface area is 143 Å². The molecule has 0 aliphatic rings. The number of halogens is 1. The topological polar surface area (TPSA) is 50.2 Å². The van der Waals surface area contributed by atoms with Gasteiger partial charge in [-0.3, -0.25) is 4.79 Å². The molecule has 0 saturated heterocycles. The lowest BCUT2D eigenvalue weighted by Gasteiger charge is -2.04. The average Bonchev–Trinajstić information content (AvgIpc) is 2.97. The van der Waals surface area contributed by atoms with Crippen LogP contribution in [0.5, 0.6) is 0 Å². The molecule has 1 aromatic heterocycles. The molecule has 2 aromatic carbocycles. The maximum atomic E-state index is 13.4. The van der Waals surface area contributed by atoms with E-state index in [1.807, 2.05) is 36.4 Å². The average molecular weight is 341 g/mol. The zero-order chi connectivity index (χ0) is 16.9. The van der Waals surface area contributed by atoms with Crippen LogP contribution in [-0.4, -0.2) is 16.1 Å². The molecule has 0 radical (unpaired) electrons. The summed E-state index contributed by atoms with van der Waals surface area (Å²) < 4.78 is 14.5. The largest absolute Gasteiger partial charge is 0.481 e. The first kappa shape index (κ1) is 16.3. The Morgan fingerprint density at radius 3 is 2.75 bits per heavy atom. The lowest BCUT2D eigenvalue weighted by atomic mass is 10.1. The van der Waals surface area contributed by atoms with Crippen molar-refractivity contribution < 1.29 is 14.3 Å². The summed E-state index contributed by atoms with van der Waals surface area (Å²) in [5.41, 5.74) is 2.60. The van der Waals surface area contributed by atoms with Gasteiger partial charge in [-0.05, 0) is 54.3 Å². The van der Waals surface area contributed by atoms with E-state index in [1.165, 1.54) is 12.1 Å². The highest BCUT2D eigenvalue weighted by Crippen LogP contribution is 2.31. The number of fused-ring (bicyclic) bond motifs is 1. The molecule has 1 N–H and O–H groups in total. The van der Waals surface area contributed by atoms with Crippen LogP contribution in [0.15, 0.2) is 48.5 Å². The van der Waals surface area contributed by atoms with Crippen molar-refractivity contribution in [1.82, 2.24) is 4.98 Å². The zero-order valence-corrected chi connectivity index (χ0v) is 13.7. The summed E-state index contributed by atoms with van der Waals surface area (Å²) in [5, 5.41) is 9.71. The van der Waals surface area contributed by atoms with E-state index in [2.05, 4.69) is 4.98 Å². The van der Waals surface area contributed by atoms with Crippen LogP contribution in [0, 0.1) is 5.82 Å². The highest BCUT2D eigenvalue weighted by molar-refractivity contribution is 7.19. The van der Waals surface area contributed by atoms with Crippen molar-refractivity contribution in [2.24, 2.45) is 0 Å². The molecule has 3 nitrogen and oxygen atoms in total. The molecule has 0 saturated carbocycles. The van der Waals surface area contributed by atoms with Crippen LogP contribution in [0.2, 0.25) is 0 Å². The van der Waals surface area contributed by atoms with E-state index < -0.39 is 5.97 Å². The molecule has 3 aromatic rings. The quantitative estimate of drug-likeness (QED) is 0.668. The third-order valence-electron chi connectivity index (χ3n) is 3.59. The third kappa shape index (κ3) is 4.06. The fourth-order valence-corrected chi connectivity index (χ4v) is 3.49. The van der Waals surface area contributed by atoms with E-state index in [9.17, 15) is 9.18 Å². The number of hydrogen-bond donors (Lipinski definition) is 1. The van der Waals surface area contributed by atoms with Gasteiger partial charge in [-0.1, -0.05) is 24.3 Å². The number of aromatic nitrogens is 1. The molecule has 0 unspecified atom stereocenters. The molecule has 0 atom stereocenters. The zero-order valence-electron chi connectivity index (χ0n) is 12.9. The van der Waals surface area contributed by atoms with Crippen molar-refractivity contribution in [2.45, 2.75) is 19.3 Å². The van der Waals surface area contributed by atoms with E-state index in [1.54, 1.807) is 17.4 Å². The highest BCUT2D eigenvalue weighted by atomic mass is 32.1. The van der Waals surface area contributed by atoms with Crippen LogP contribution in [0.1, 0.15) is 29.8 Å². The number of carbonyl (C=O) groups is 1. The van der Waals surface area contributed by atoms with Crippen LogP contribution in [-0.2, 0) is 4.79 Å². The van der Waals surface area contributed by atoms with Crippen molar-refractivity contribution in [3.05, 3.63) is 64.9 Å². The number of aliphatic carboxylic acids is 1. The fraction of sp³-hybridized carbons (Fsp3) is 0.158. The van der Waals surface area contributed by atoms with E-state index >= 15 is 0 Å². The van der Waals surface area contributed by atoms with Crippen LogP contribution >= 0.6 is 11.3 Å². The van der Waals surface area contributed by atoms with Crippen molar-refractivity contribution in [3.8, 4) is 0 Å². The summed E-state index contributed by atoms with van der Waals surface area (Å²) in [6, 6.07) is 14.2. The Bertz CT molecular complexity index is 868. The maximum Gasteiger partial charge on any atom is 0.303 e. The van der Waals surface area contributed by atoms with E-state index in [4.69, 9.17) is 5.11 Å². The molecule has 0 aliphatic heterocycles. The Balaban J connectivity index is 1.95. The SMILES string of the molecule is O=C(O)CCC/C(=C\c1cccc(F)c1)c1nc2ccccc2s1. The molecular formula is C19H16FNO2S. The van der Waals surface area contributed by atoms with Gasteiger partial charge in [0.1, 0.15) is 10.8 Å². The molecule has 5 heteroatoms. The third-order valence-corrected chi connectivity index (χ3v) is 4.71. The normalized spacial score (nSPS) is 11.8. The van der Waals surface area contributed by atoms with Gasteiger partial charge in [0.05, 0.1) is 10.2 Å². The minimum atomic E-state index is -0.815. The maximum absolute atomic E-state index is 13.4. The fourth-order valence-electron chi connectivity index (χ4n) is 2.48. The van der Waals surface area contributed by atoms with Gasteiger partial charge in [-0.15, -0.1) is 11.3 Å². The number of nitrogens with zero attached hydrogens (tertiary/aromatic N) is 1. The summed E-state index contributed by atoms with van der Waals surface area (Å²) in [5.74, 6) is -1.11. The lowest BCUT2D eigenvalue weighted by molar-refractivity contribution is -0.137. The van der Waals surface area contributed by atoms with Crippen molar-refractivity contribution in [2.75, 3.05) is 0 Å². The van der Waals surface area contributed by atoms with Crippen molar-refractivity contribution in [1.29, 1.82) is 0 Å². The lowest BCUT2D eigenvalue weighted by Crippen LogP contribution is -1.94. The molecule has 1 heterocycles. The number of benzene rings is 2. The molecule has 24 heavy (non-hydrogen) atoms. The Morgan fingerprint density at radius 2 is 2.00 bits per heavy atom. The minimum absolute atomic E-state index is 0.103. The van der Waals surface area contributed by atoms with Crippen molar-refractivity contribution >= 4 is 39.2 Å². The predicted molar refractivity (Wildman–Crippen MR) is 95.4 cm³/mol. The van der Waals surface area contributed by atoms with Crippen LogP contribution < -0.4 is 0 Å². The molecule has 0 spiro atoms. The van der Waals surface area contributed by atoms with Gasteiger partial charge < -0.3 is 5.11 Å². The number of hydrogen-bond acceptors (Lipinski definition) is 3. The second kappa shape index (κ2) is 7.36. The standard InChI is InChI=1S/C19H16FNO2S/c20-15-7-3-5-13(12-15)11-14(6-4-10-18(22)23)19-21-16-8-1-2-9-17(16)24-19/h1-3,5,7-9,11-12H,4,6,10H2,(H,22,23)/b14-11+. The van der Waals surface area contributed by atoms with Crippen LogP contribution in [0.3, 0.4) is 0 Å². The van der Waals surface area contributed by atoms with Gasteiger partial charge in [0.25, 0.3) is 0 Å². The van der Waals surface area contributed by atoms with E-state index in [0.29, 0.717) is 12.8 Å². The van der Waals surface area contributed by atoms with Gasteiger partial charge in [0.15, 0.2) is 0 Å². The Morgan fingerprint density at radius 1 is 1.17 bits per heavy atom. The van der Waals surface area contributed by atoms with E-state index in [0.717, 1.165) is 26.4 Å². The number of rotatable bonds is 6. The molecule has 0 amide bonds. The number of allylic oxidation sites excluding steroid dienone is 1. The number of carboxylic acids is 1. The summed E-state index contributed by atoms with van der Waals surface area (Å²) in [7, 11) is 0. The van der Waals surface area contributed by atoms with Crippen LogP contribution in [0.4, 0.5) is 4.39 Å². The molecular weight excluding hydrogens is 325 g/mol. The van der Waals surface area contributed by atoms with E-state index in [-0.39, 0.29) is 12.2 Å². The van der Waals surface area contributed by atoms with Gasteiger partial charge >= 0.3 is 5.97 Å². The minimum Gasteiger partial charge on any atom is -0.481 e. The summed E-state index contributed by atoms with van der Waals surface area (Å²) in [6.07, 6.45) is 3.10.